The molecule has 1 heterocycles. The summed E-state index contributed by atoms with van der Waals surface area (Å²) >= 11 is 0. The Labute approximate surface area is 107 Å². The van der Waals surface area contributed by atoms with Crippen LogP contribution in [0.3, 0.4) is 0 Å². The molecular weight excluding hydrogens is 208 g/mol. The van der Waals surface area contributed by atoms with Crippen LogP contribution in [0.2, 0.25) is 0 Å². The maximum atomic E-state index is 3.64. The summed E-state index contributed by atoms with van der Waals surface area (Å²) in [5.41, 5.74) is 0.590. The monoisotopic (exact) mass is 238 g/mol. The van der Waals surface area contributed by atoms with Gasteiger partial charge < -0.3 is 10.2 Å². The third-order valence-corrected chi connectivity index (χ3v) is 4.81. The van der Waals surface area contributed by atoms with Crippen molar-refractivity contribution in [1.82, 2.24) is 10.2 Å². The maximum absolute atomic E-state index is 3.64. The molecule has 2 rings (SSSR count). The quantitative estimate of drug-likeness (QED) is 0.813. The lowest BCUT2D eigenvalue weighted by Gasteiger charge is -2.43. The molecule has 0 aromatic heterocycles. The van der Waals surface area contributed by atoms with Gasteiger partial charge in [-0.3, -0.25) is 0 Å². The molecule has 0 aromatic rings. The molecule has 1 saturated heterocycles. The van der Waals surface area contributed by atoms with Gasteiger partial charge in [-0.2, -0.15) is 0 Å². The van der Waals surface area contributed by atoms with Crippen LogP contribution in [0.5, 0.6) is 0 Å². The average molecular weight is 238 g/mol. The zero-order valence-electron chi connectivity index (χ0n) is 12.0. The van der Waals surface area contributed by atoms with Gasteiger partial charge in [0.15, 0.2) is 0 Å². The molecule has 0 bridgehead atoms. The summed E-state index contributed by atoms with van der Waals surface area (Å²) in [4.78, 5) is 2.77. The number of likely N-dealkylation sites (tertiary alicyclic amines) is 1. The van der Waals surface area contributed by atoms with E-state index in [0.29, 0.717) is 5.41 Å². The molecule has 2 heteroatoms. The van der Waals surface area contributed by atoms with Crippen molar-refractivity contribution in [3.8, 4) is 0 Å². The molecule has 1 N–H and O–H groups in total. The zero-order chi connectivity index (χ0) is 12.3. The molecule has 0 spiro atoms. The molecule has 1 aliphatic heterocycles. The predicted molar refractivity (Wildman–Crippen MR) is 74.3 cm³/mol. The number of piperidine rings is 1. The molecule has 1 saturated carbocycles. The number of nitrogens with zero attached hydrogens (tertiary/aromatic N) is 1. The van der Waals surface area contributed by atoms with Gasteiger partial charge in [0, 0.05) is 12.1 Å². The Hall–Kier alpha value is -0.0800. The molecule has 100 valence electrons. The molecule has 0 radical (unpaired) electrons. The van der Waals surface area contributed by atoms with E-state index in [9.17, 15) is 0 Å². The topological polar surface area (TPSA) is 15.3 Å². The third kappa shape index (κ3) is 3.69. The van der Waals surface area contributed by atoms with Crippen LogP contribution in [0.1, 0.15) is 59.3 Å². The Morgan fingerprint density at radius 1 is 1.18 bits per heavy atom. The largest absolute Gasteiger partial charge is 0.314 e. The van der Waals surface area contributed by atoms with Crippen molar-refractivity contribution in [3.05, 3.63) is 0 Å². The lowest BCUT2D eigenvalue weighted by atomic mass is 9.81. The minimum Gasteiger partial charge on any atom is -0.314 e. The second kappa shape index (κ2) is 5.71. The molecule has 2 unspecified atom stereocenters. The highest BCUT2D eigenvalue weighted by Gasteiger charge is 2.31. The lowest BCUT2D eigenvalue weighted by molar-refractivity contribution is 0.0693. The van der Waals surface area contributed by atoms with Gasteiger partial charge in [0.1, 0.15) is 0 Å². The van der Waals surface area contributed by atoms with E-state index >= 15 is 0 Å². The highest BCUT2D eigenvalue weighted by atomic mass is 15.2. The van der Waals surface area contributed by atoms with Crippen LogP contribution < -0.4 is 5.32 Å². The first-order valence-corrected chi connectivity index (χ1v) is 7.58. The molecular formula is C15H30N2. The van der Waals surface area contributed by atoms with Crippen molar-refractivity contribution in [2.24, 2.45) is 5.41 Å². The van der Waals surface area contributed by atoms with E-state index in [1.807, 2.05) is 0 Å². The van der Waals surface area contributed by atoms with Gasteiger partial charge in [-0.15, -0.1) is 0 Å². The average Bonchev–Trinajstić information content (AvgIpc) is 2.30. The maximum Gasteiger partial charge on any atom is 0.0110 e. The van der Waals surface area contributed by atoms with E-state index in [2.05, 4.69) is 31.0 Å². The molecule has 0 aromatic carbocycles. The van der Waals surface area contributed by atoms with E-state index < -0.39 is 0 Å². The van der Waals surface area contributed by atoms with Gasteiger partial charge >= 0.3 is 0 Å². The Balaban J connectivity index is 1.82. The fourth-order valence-electron chi connectivity index (χ4n) is 3.46. The Bertz CT molecular complexity index is 225. The summed E-state index contributed by atoms with van der Waals surface area (Å²) in [5.74, 6) is 0. The van der Waals surface area contributed by atoms with E-state index in [4.69, 9.17) is 0 Å². The van der Waals surface area contributed by atoms with Crippen LogP contribution in [-0.2, 0) is 0 Å². The lowest BCUT2D eigenvalue weighted by Crippen LogP contribution is -2.48. The van der Waals surface area contributed by atoms with E-state index in [1.165, 1.54) is 51.6 Å². The van der Waals surface area contributed by atoms with Crippen molar-refractivity contribution in [2.45, 2.75) is 71.4 Å². The van der Waals surface area contributed by atoms with E-state index in [-0.39, 0.29) is 0 Å². The first-order valence-electron chi connectivity index (χ1n) is 7.58. The van der Waals surface area contributed by atoms with Crippen LogP contribution in [0.15, 0.2) is 0 Å². The summed E-state index contributed by atoms with van der Waals surface area (Å²) in [6.07, 6.45) is 8.40. The summed E-state index contributed by atoms with van der Waals surface area (Å²) in [7, 11) is 0. The first kappa shape index (κ1) is 13.4. The Morgan fingerprint density at radius 3 is 2.53 bits per heavy atom. The van der Waals surface area contributed by atoms with Crippen molar-refractivity contribution in [1.29, 1.82) is 0 Å². The number of nitrogens with one attached hydrogen (secondary N) is 1. The first-order chi connectivity index (χ1) is 8.11. The zero-order valence-corrected chi connectivity index (χ0v) is 12.0. The highest BCUT2D eigenvalue weighted by Crippen LogP contribution is 2.33. The smallest absolute Gasteiger partial charge is 0.0110 e. The van der Waals surface area contributed by atoms with E-state index in [0.717, 1.165) is 18.6 Å². The van der Waals surface area contributed by atoms with Crippen molar-refractivity contribution in [2.75, 3.05) is 19.6 Å². The number of rotatable bonds is 3. The summed E-state index contributed by atoms with van der Waals surface area (Å²) in [6.45, 7) is 10.9. The Morgan fingerprint density at radius 2 is 1.88 bits per heavy atom. The van der Waals surface area contributed by atoms with Gasteiger partial charge in [-0.1, -0.05) is 27.2 Å². The fraction of sp³-hybridized carbons (Fsp3) is 1.00. The van der Waals surface area contributed by atoms with Crippen LogP contribution >= 0.6 is 0 Å². The van der Waals surface area contributed by atoms with Crippen LogP contribution in [0, 0.1) is 5.41 Å². The SMILES string of the molecule is CCNC1CCCC(N2CCC(C)(C)CC2)C1. The summed E-state index contributed by atoms with van der Waals surface area (Å²) in [5, 5.41) is 3.64. The van der Waals surface area contributed by atoms with Gasteiger partial charge in [0.2, 0.25) is 0 Å². The molecule has 0 amide bonds. The Kier molecular flexibility index (Phi) is 4.48. The molecule has 1 aliphatic carbocycles. The van der Waals surface area contributed by atoms with Crippen LogP contribution in [0.25, 0.3) is 0 Å². The van der Waals surface area contributed by atoms with Crippen molar-refractivity contribution < 1.29 is 0 Å². The van der Waals surface area contributed by atoms with E-state index in [1.54, 1.807) is 0 Å². The summed E-state index contributed by atoms with van der Waals surface area (Å²) in [6, 6.07) is 1.65. The molecule has 17 heavy (non-hydrogen) atoms. The number of hydrogen-bond donors (Lipinski definition) is 1. The van der Waals surface area contributed by atoms with Crippen LogP contribution in [-0.4, -0.2) is 36.6 Å². The molecule has 2 fully saturated rings. The van der Waals surface area contributed by atoms with Gasteiger partial charge in [-0.25, -0.2) is 0 Å². The normalized spacial score (nSPS) is 34.8. The standard InChI is InChI=1S/C15H30N2/c1-4-16-13-6-5-7-14(12-13)17-10-8-15(2,3)9-11-17/h13-14,16H,4-12H2,1-3H3. The second-order valence-electron chi connectivity index (χ2n) is 6.78. The van der Waals surface area contributed by atoms with Crippen molar-refractivity contribution >= 4 is 0 Å². The molecule has 2 nitrogen and oxygen atoms in total. The second-order valence-corrected chi connectivity index (χ2v) is 6.78. The minimum absolute atomic E-state index is 0.590. The summed E-state index contributed by atoms with van der Waals surface area (Å²) < 4.78 is 0. The minimum atomic E-state index is 0.590. The van der Waals surface area contributed by atoms with Gasteiger partial charge in [0.25, 0.3) is 0 Å². The van der Waals surface area contributed by atoms with Gasteiger partial charge in [0.05, 0.1) is 0 Å². The highest BCUT2D eigenvalue weighted by molar-refractivity contribution is 4.87. The predicted octanol–water partition coefficient (Wildman–Crippen LogP) is 3.03. The third-order valence-electron chi connectivity index (χ3n) is 4.81. The van der Waals surface area contributed by atoms with Crippen molar-refractivity contribution in [3.63, 3.8) is 0 Å². The van der Waals surface area contributed by atoms with Crippen LogP contribution in [0.4, 0.5) is 0 Å². The fourth-order valence-corrected chi connectivity index (χ4v) is 3.46. The van der Waals surface area contributed by atoms with Gasteiger partial charge in [-0.05, 0) is 57.2 Å². The molecule has 2 atom stereocenters. The number of hydrogen-bond acceptors (Lipinski definition) is 2. The molecule has 2 aliphatic rings.